The standard InChI is InChI=1S/C62H38N4O/c1-3-15-45(16-4-1)61-64-58(49-33-27-39-13-7-9-19-47(39)37-49)55(59(65-61)50-34-28-40-14-8-10-20-48(40)38-50)43-29-23-41(24-30-43)42-25-31-44(32-26-42)57-52-35-36-54-60(56(52)51-21-11-12-22-53(51)63-57)66-62(67-54)46-17-5-2-6-18-46/h1-38H. The Kier molecular flexibility index (Phi) is 9.10. The van der Waals surface area contributed by atoms with Gasteiger partial charge in [-0.05, 0) is 80.7 Å². The summed E-state index contributed by atoms with van der Waals surface area (Å²) in [5.41, 5.74) is 14.4. The molecular formula is C62H38N4O. The van der Waals surface area contributed by atoms with Gasteiger partial charge in [0.25, 0.3) is 0 Å². The lowest BCUT2D eigenvalue weighted by Gasteiger charge is -2.18. The lowest BCUT2D eigenvalue weighted by atomic mass is 9.91. The molecule has 0 unspecified atom stereocenters. The molecule has 0 fully saturated rings. The SMILES string of the molecule is c1ccc(-c2nc(-c3ccc4ccccc4c3)c(-c3ccc(-c4ccc(-c5nc6ccccc6c6c5ccc5oc(-c7ccccc7)nc56)cc4)cc3)c(-c3ccc4ccccc4c3)n2)cc1. The van der Waals surface area contributed by atoms with Gasteiger partial charge in [-0.1, -0.05) is 188 Å². The van der Waals surface area contributed by atoms with E-state index >= 15 is 0 Å². The minimum atomic E-state index is 0.604. The summed E-state index contributed by atoms with van der Waals surface area (Å²) in [5.74, 6) is 1.29. The number of pyridine rings is 1. The highest BCUT2D eigenvalue weighted by atomic mass is 16.3. The second-order valence-electron chi connectivity index (χ2n) is 17.0. The first kappa shape index (κ1) is 38.4. The van der Waals surface area contributed by atoms with E-state index < -0.39 is 0 Å². The molecule has 0 radical (unpaired) electrons. The number of oxazole rings is 1. The Hall–Kier alpha value is -9.06. The third-order valence-electron chi connectivity index (χ3n) is 12.9. The Bertz CT molecular complexity index is 3910. The summed E-state index contributed by atoms with van der Waals surface area (Å²) in [4.78, 5) is 21.1. The van der Waals surface area contributed by atoms with Crippen molar-refractivity contribution in [3.05, 3.63) is 231 Å². The van der Waals surface area contributed by atoms with Gasteiger partial charge in [0.2, 0.25) is 5.89 Å². The van der Waals surface area contributed by atoms with Gasteiger partial charge in [0.15, 0.2) is 11.4 Å². The monoisotopic (exact) mass is 854 g/mol. The van der Waals surface area contributed by atoms with E-state index in [1.807, 2.05) is 60.7 Å². The molecule has 0 atom stereocenters. The molecule has 3 heterocycles. The van der Waals surface area contributed by atoms with E-state index in [1.54, 1.807) is 0 Å². The summed E-state index contributed by atoms with van der Waals surface area (Å²) in [6.45, 7) is 0. The van der Waals surface area contributed by atoms with Gasteiger partial charge in [-0.15, -0.1) is 0 Å². The first-order chi connectivity index (χ1) is 33.2. The molecule has 0 aliphatic heterocycles. The number of aromatic nitrogens is 4. The Balaban J connectivity index is 0.931. The van der Waals surface area contributed by atoms with Gasteiger partial charge in [0, 0.05) is 49.5 Å². The Morgan fingerprint density at radius 3 is 1.43 bits per heavy atom. The lowest BCUT2D eigenvalue weighted by Crippen LogP contribution is -2.01. The predicted octanol–water partition coefficient (Wildman–Crippen LogP) is 16.3. The molecule has 10 aromatic carbocycles. The first-order valence-corrected chi connectivity index (χ1v) is 22.5. The molecular weight excluding hydrogens is 817 g/mol. The smallest absolute Gasteiger partial charge is 0.227 e. The largest absolute Gasteiger partial charge is 0.436 e. The van der Waals surface area contributed by atoms with E-state index in [1.165, 1.54) is 10.8 Å². The number of fused-ring (bicyclic) bond motifs is 7. The second kappa shape index (κ2) is 15.9. The molecule has 0 amide bonds. The van der Waals surface area contributed by atoms with E-state index in [0.29, 0.717) is 11.7 Å². The molecule has 312 valence electrons. The van der Waals surface area contributed by atoms with Crippen molar-refractivity contribution < 1.29 is 4.42 Å². The highest BCUT2D eigenvalue weighted by molar-refractivity contribution is 6.20. The van der Waals surface area contributed by atoms with Crippen LogP contribution in [-0.4, -0.2) is 19.9 Å². The molecule has 13 rings (SSSR count). The normalized spacial score (nSPS) is 11.6. The van der Waals surface area contributed by atoms with Crippen LogP contribution in [0.1, 0.15) is 0 Å². The van der Waals surface area contributed by atoms with Crippen LogP contribution < -0.4 is 0 Å². The van der Waals surface area contributed by atoms with E-state index in [4.69, 9.17) is 24.4 Å². The minimum absolute atomic E-state index is 0.604. The molecule has 0 N–H and O–H groups in total. The van der Waals surface area contributed by atoms with E-state index in [-0.39, 0.29) is 0 Å². The Morgan fingerprint density at radius 1 is 0.299 bits per heavy atom. The van der Waals surface area contributed by atoms with E-state index in [9.17, 15) is 0 Å². The van der Waals surface area contributed by atoms with Crippen molar-refractivity contribution in [2.75, 3.05) is 0 Å². The topological polar surface area (TPSA) is 64.7 Å². The molecule has 0 aliphatic carbocycles. The Labute approximate surface area is 386 Å². The van der Waals surface area contributed by atoms with Crippen molar-refractivity contribution in [2.24, 2.45) is 0 Å². The fraction of sp³-hybridized carbons (Fsp3) is 0. The van der Waals surface area contributed by atoms with Crippen LogP contribution in [0.5, 0.6) is 0 Å². The molecule has 5 heteroatoms. The summed E-state index contributed by atoms with van der Waals surface area (Å²) < 4.78 is 6.33. The van der Waals surface area contributed by atoms with Gasteiger partial charge < -0.3 is 4.42 Å². The van der Waals surface area contributed by atoms with Crippen molar-refractivity contribution in [1.29, 1.82) is 0 Å². The van der Waals surface area contributed by atoms with Crippen LogP contribution in [0.15, 0.2) is 235 Å². The number of para-hydroxylation sites is 1. The maximum atomic E-state index is 6.33. The quantitative estimate of drug-likeness (QED) is 0.149. The third kappa shape index (κ3) is 6.80. The van der Waals surface area contributed by atoms with Crippen molar-refractivity contribution >= 4 is 54.3 Å². The van der Waals surface area contributed by atoms with Crippen LogP contribution in [0.2, 0.25) is 0 Å². The zero-order valence-electron chi connectivity index (χ0n) is 36.1. The first-order valence-electron chi connectivity index (χ1n) is 22.5. The summed E-state index contributed by atoms with van der Waals surface area (Å²) in [6.07, 6.45) is 0. The number of hydrogen-bond acceptors (Lipinski definition) is 5. The zero-order chi connectivity index (χ0) is 44.3. The summed E-state index contributed by atoms with van der Waals surface area (Å²) in [6, 6.07) is 80.6. The number of nitrogens with zero attached hydrogens (tertiary/aromatic N) is 4. The highest BCUT2D eigenvalue weighted by Gasteiger charge is 2.22. The summed E-state index contributed by atoms with van der Waals surface area (Å²) >= 11 is 0. The van der Waals surface area contributed by atoms with Crippen molar-refractivity contribution in [3.8, 4) is 78.9 Å². The van der Waals surface area contributed by atoms with Gasteiger partial charge in [-0.3, -0.25) is 0 Å². The minimum Gasteiger partial charge on any atom is -0.436 e. The average Bonchev–Trinajstić information content (AvgIpc) is 3.86. The van der Waals surface area contributed by atoms with Crippen LogP contribution in [-0.2, 0) is 0 Å². The lowest BCUT2D eigenvalue weighted by molar-refractivity contribution is 0.620. The van der Waals surface area contributed by atoms with Crippen LogP contribution in [0.3, 0.4) is 0 Å². The molecule has 0 aliphatic rings. The molecule has 5 nitrogen and oxygen atoms in total. The zero-order valence-corrected chi connectivity index (χ0v) is 36.1. The maximum absolute atomic E-state index is 6.33. The molecule has 67 heavy (non-hydrogen) atoms. The molecule has 0 saturated carbocycles. The van der Waals surface area contributed by atoms with Crippen LogP contribution in [0, 0.1) is 0 Å². The predicted molar refractivity (Wildman–Crippen MR) is 275 cm³/mol. The van der Waals surface area contributed by atoms with Gasteiger partial charge in [-0.25, -0.2) is 19.9 Å². The van der Waals surface area contributed by atoms with Crippen LogP contribution >= 0.6 is 0 Å². The fourth-order valence-electron chi connectivity index (χ4n) is 9.54. The molecule has 13 aromatic rings. The van der Waals surface area contributed by atoms with Crippen molar-refractivity contribution in [1.82, 2.24) is 19.9 Å². The highest BCUT2D eigenvalue weighted by Crippen LogP contribution is 2.43. The summed E-state index contributed by atoms with van der Waals surface area (Å²) in [7, 11) is 0. The molecule has 0 bridgehead atoms. The van der Waals surface area contributed by atoms with Crippen molar-refractivity contribution in [3.63, 3.8) is 0 Å². The van der Waals surface area contributed by atoms with Crippen molar-refractivity contribution in [2.45, 2.75) is 0 Å². The molecule has 0 spiro atoms. The van der Waals surface area contributed by atoms with Gasteiger partial charge in [0.1, 0.15) is 5.52 Å². The van der Waals surface area contributed by atoms with Crippen LogP contribution in [0.25, 0.3) is 133 Å². The third-order valence-corrected chi connectivity index (χ3v) is 12.9. The van der Waals surface area contributed by atoms with E-state index in [2.05, 4.69) is 170 Å². The number of benzene rings is 10. The average molecular weight is 855 g/mol. The molecule has 3 aromatic heterocycles. The van der Waals surface area contributed by atoms with E-state index in [0.717, 1.165) is 111 Å². The van der Waals surface area contributed by atoms with Gasteiger partial charge in [0.05, 0.1) is 22.6 Å². The number of hydrogen-bond donors (Lipinski definition) is 0. The van der Waals surface area contributed by atoms with Gasteiger partial charge in [-0.2, -0.15) is 0 Å². The molecule has 0 saturated heterocycles. The second-order valence-corrected chi connectivity index (χ2v) is 17.0. The summed E-state index contributed by atoms with van der Waals surface area (Å²) in [5, 5.41) is 7.80. The fourth-order valence-corrected chi connectivity index (χ4v) is 9.54. The van der Waals surface area contributed by atoms with Gasteiger partial charge >= 0.3 is 0 Å². The maximum Gasteiger partial charge on any atom is 0.227 e. The Morgan fingerprint density at radius 2 is 0.806 bits per heavy atom. The number of rotatable bonds is 7. The van der Waals surface area contributed by atoms with Crippen LogP contribution in [0.4, 0.5) is 0 Å².